The molecule has 4 N–H and O–H groups in total. The summed E-state index contributed by atoms with van der Waals surface area (Å²) < 4.78 is 37.4. The number of benzene rings is 2. The lowest BCUT2D eigenvalue weighted by molar-refractivity contribution is 0.102. The maximum atomic E-state index is 13.5. The summed E-state index contributed by atoms with van der Waals surface area (Å²) in [5.41, 5.74) is 11.0. The van der Waals surface area contributed by atoms with Crippen LogP contribution in [0.25, 0.3) is 5.70 Å². The van der Waals surface area contributed by atoms with Crippen LogP contribution in [0.2, 0.25) is 0 Å². The van der Waals surface area contributed by atoms with Crippen molar-refractivity contribution in [3.63, 3.8) is 0 Å². The Bertz CT molecular complexity index is 1580. The highest BCUT2D eigenvalue weighted by molar-refractivity contribution is 7.92. The number of hydrazine groups is 2. The highest BCUT2D eigenvalue weighted by Gasteiger charge is 2.23. The molecule has 0 radical (unpaired) electrons. The van der Waals surface area contributed by atoms with Crippen LogP contribution in [0.3, 0.4) is 0 Å². The second-order valence-electron chi connectivity index (χ2n) is 10.4. The number of amides is 1. The molecule has 0 aliphatic carbocycles. The first-order valence-electron chi connectivity index (χ1n) is 12.4. The Hall–Kier alpha value is -4.29. The average molecular weight is 567 g/mol. The molecule has 212 valence electrons. The number of sulfonamides is 1. The molecule has 12 heteroatoms. The zero-order valence-electron chi connectivity index (χ0n) is 23.5. The highest BCUT2D eigenvalue weighted by atomic mass is 32.2. The van der Waals surface area contributed by atoms with E-state index in [4.69, 9.17) is 9.47 Å². The minimum atomic E-state index is -3.60. The van der Waals surface area contributed by atoms with E-state index in [1.807, 2.05) is 46.0 Å². The maximum absolute atomic E-state index is 13.5. The van der Waals surface area contributed by atoms with Crippen LogP contribution in [0, 0.1) is 6.92 Å². The van der Waals surface area contributed by atoms with Gasteiger partial charge in [-0.2, -0.15) is 0 Å². The van der Waals surface area contributed by atoms with Crippen molar-refractivity contribution in [2.75, 3.05) is 35.5 Å². The fraction of sp³-hybridized carbons (Fsp3) is 0.286. The fourth-order valence-corrected chi connectivity index (χ4v) is 4.67. The molecule has 1 aromatic heterocycles. The third-order valence-corrected chi connectivity index (χ3v) is 6.85. The predicted molar refractivity (Wildman–Crippen MR) is 157 cm³/mol. The number of carbonyl (C=O) groups is 1. The number of carbonyl (C=O) groups excluding carboxylic acids is 1. The third kappa shape index (κ3) is 6.46. The molecule has 1 amide bonds. The minimum Gasteiger partial charge on any atom is -0.495 e. The van der Waals surface area contributed by atoms with Gasteiger partial charge in [0.05, 0.1) is 49.4 Å². The van der Waals surface area contributed by atoms with Gasteiger partial charge in [-0.05, 0) is 53.8 Å². The lowest BCUT2D eigenvalue weighted by Gasteiger charge is -2.24. The highest BCUT2D eigenvalue weighted by Crippen LogP contribution is 2.39. The van der Waals surface area contributed by atoms with E-state index in [9.17, 15) is 13.2 Å². The second kappa shape index (κ2) is 11.1. The Kier molecular flexibility index (Phi) is 7.94. The van der Waals surface area contributed by atoms with Gasteiger partial charge in [0.25, 0.3) is 5.91 Å². The molecular weight excluding hydrogens is 532 g/mol. The monoisotopic (exact) mass is 566 g/mol. The van der Waals surface area contributed by atoms with Crippen molar-refractivity contribution >= 4 is 38.7 Å². The summed E-state index contributed by atoms with van der Waals surface area (Å²) in [5, 5.41) is 4.68. The summed E-state index contributed by atoms with van der Waals surface area (Å²) >= 11 is 0. The van der Waals surface area contributed by atoms with Crippen molar-refractivity contribution in [3.05, 3.63) is 77.2 Å². The Labute approximate surface area is 234 Å². The molecule has 0 atom stereocenters. The Morgan fingerprint density at radius 1 is 1.02 bits per heavy atom. The smallest absolute Gasteiger partial charge is 0.255 e. The summed E-state index contributed by atoms with van der Waals surface area (Å²) in [4.78, 5) is 17.7. The van der Waals surface area contributed by atoms with E-state index >= 15 is 0 Å². The van der Waals surface area contributed by atoms with E-state index < -0.39 is 10.0 Å². The molecule has 11 nitrogen and oxygen atoms in total. The lowest BCUT2D eigenvalue weighted by atomic mass is 9.86. The molecule has 0 fully saturated rings. The van der Waals surface area contributed by atoms with Gasteiger partial charge >= 0.3 is 0 Å². The summed E-state index contributed by atoms with van der Waals surface area (Å²) in [6.07, 6.45) is 6.27. The predicted octanol–water partition coefficient (Wildman–Crippen LogP) is 4.16. The molecule has 0 bridgehead atoms. The second-order valence-corrected chi connectivity index (χ2v) is 12.2. The van der Waals surface area contributed by atoms with Crippen LogP contribution in [0.4, 0.5) is 17.1 Å². The van der Waals surface area contributed by atoms with Gasteiger partial charge < -0.3 is 20.2 Å². The van der Waals surface area contributed by atoms with Crippen molar-refractivity contribution in [1.82, 2.24) is 15.9 Å². The molecule has 0 unspecified atom stereocenters. The molecule has 3 aromatic rings. The van der Waals surface area contributed by atoms with Crippen molar-refractivity contribution < 1.29 is 22.7 Å². The van der Waals surface area contributed by atoms with E-state index in [0.29, 0.717) is 17.0 Å². The molecule has 0 saturated heterocycles. The van der Waals surface area contributed by atoms with Gasteiger partial charge in [0.2, 0.25) is 10.0 Å². The Morgan fingerprint density at radius 3 is 2.40 bits per heavy atom. The number of nitrogens with one attached hydrogen (secondary N) is 4. The molecule has 1 aliphatic rings. The third-order valence-electron chi connectivity index (χ3n) is 6.26. The molecule has 0 saturated carbocycles. The normalized spacial score (nSPS) is 13.4. The molecule has 1 aliphatic heterocycles. The molecular formula is C28H34N6O5S. The van der Waals surface area contributed by atoms with E-state index in [-0.39, 0.29) is 22.8 Å². The summed E-state index contributed by atoms with van der Waals surface area (Å²) in [7, 11) is -0.589. The van der Waals surface area contributed by atoms with Gasteiger partial charge in [0.1, 0.15) is 5.75 Å². The minimum absolute atomic E-state index is 0.212. The van der Waals surface area contributed by atoms with Crippen molar-refractivity contribution in [1.29, 1.82) is 0 Å². The Morgan fingerprint density at radius 2 is 1.75 bits per heavy atom. The number of methoxy groups -OCH3 is 2. The molecule has 0 spiro atoms. The summed E-state index contributed by atoms with van der Waals surface area (Å²) in [5.74, 6) is 0.461. The first kappa shape index (κ1) is 28.7. The average Bonchev–Trinajstić information content (AvgIpc) is 3.37. The van der Waals surface area contributed by atoms with Crippen LogP contribution in [-0.2, 0) is 15.4 Å². The number of aryl methyl sites for hydroxylation is 1. The summed E-state index contributed by atoms with van der Waals surface area (Å²) in [6, 6.07) is 10.7. The van der Waals surface area contributed by atoms with Crippen LogP contribution in [0.15, 0.2) is 55.0 Å². The van der Waals surface area contributed by atoms with Crippen LogP contribution in [0.5, 0.6) is 11.5 Å². The van der Waals surface area contributed by atoms with Gasteiger partial charge in [-0.15, -0.1) is 5.53 Å². The molecule has 4 rings (SSSR count). The number of aromatic nitrogens is 1. The largest absolute Gasteiger partial charge is 0.495 e. The molecule has 2 heterocycles. The number of rotatable bonds is 8. The van der Waals surface area contributed by atoms with Gasteiger partial charge in [0.15, 0.2) is 5.75 Å². The standard InChI is InChI=1S/C28H34N6O5S/c1-17-8-9-18(11-25(17)34-16-24(31-33-34)19-10-21(38-5)15-29-14-19)27(35)30-22-12-20(28(2,3)4)13-23(26(22)39-6)32-40(7,36)37/h8-16,31-33H,1-7H3,(H,30,35). The van der Waals surface area contributed by atoms with Crippen molar-refractivity contribution in [2.45, 2.75) is 33.1 Å². The zero-order chi connectivity index (χ0) is 29.2. The fourth-order valence-electron chi connectivity index (χ4n) is 4.12. The Balaban J connectivity index is 1.66. The van der Waals surface area contributed by atoms with Gasteiger partial charge in [-0.1, -0.05) is 26.8 Å². The van der Waals surface area contributed by atoms with Crippen LogP contribution in [-0.4, -0.2) is 39.8 Å². The number of hydrogen-bond acceptors (Lipinski definition) is 9. The number of hydrogen-bond donors (Lipinski definition) is 4. The van der Waals surface area contributed by atoms with Gasteiger partial charge in [0, 0.05) is 23.5 Å². The molecule has 2 aromatic carbocycles. The van der Waals surface area contributed by atoms with E-state index in [0.717, 1.165) is 34.3 Å². The van der Waals surface area contributed by atoms with E-state index in [2.05, 4.69) is 26.0 Å². The van der Waals surface area contributed by atoms with Crippen molar-refractivity contribution in [3.8, 4) is 11.5 Å². The zero-order valence-corrected chi connectivity index (χ0v) is 24.4. The van der Waals surface area contributed by atoms with E-state index in [1.54, 1.807) is 48.8 Å². The van der Waals surface area contributed by atoms with Crippen molar-refractivity contribution in [2.24, 2.45) is 0 Å². The lowest BCUT2D eigenvalue weighted by Crippen LogP contribution is -2.36. The first-order chi connectivity index (χ1) is 18.8. The van der Waals surface area contributed by atoms with E-state index in [1.165, 1.54) is 7.11 Å². The number of pyridine rings is 1. The number of nitrogens with zero attached hydrogens (tertiary/aromatic N) is 2. The first-order valence-corrected chi connectivity index (χ1v) is 14.3. The van der Waals surface area contributed by atoms with Crippen LogP contribution < -0.4 is 35.5 Å². The topological polar surface area (TPSA) is 134 Å². The van der Waals surface area contributed by atoms with Crippen LogP contribution >= 0.6 is 0 Å². The number of ether oxygens (including phenoxy) is 2. The van der Waals surface area contributed by atoms with Gasteiger partial charge in [-0.3, -0.25) is 19.5 Å². The number of anilines is 3. The molecule has 40 heavy (non-hydrogen) atoms. The quantitative estimate of drug-likeness (QED) is 0.317. The maximum Gasteiger partial charge on any atom is 0.255 e. The summed E-state index contributed by atoms with van der Waals surface area (Å²) in [6.45, 7) is 7.93. The van der Waals surface area contributed by atoms with Gasteiger partial charge in [-0.25, -0.2) is 8.42 Å². The van der Waals surface area contributed by atoms with Crippen LogP contribution in [0.1, 0.15) is 47.8 Å². The SMILES string of the molecule is COc1cncc(C2=CN(c3cc(C(=O)Nc4cc(C(C)(C)C)cc(NS(C)(=O)=O)c4OC)ccc3C)NN2)c1.